The minimum absolute atomic E-state index is 0.173. The fraction of sp³-hybridized carbons (Fsp3) is 0.800. The molecule has 0 amide bonds. The Hall–Kier alpha value is -0.870. The molecule has 0 aliphatic heterocycles. The van der Waals surface area contributed by atoms with Crippen molar-refractivity contribution < 1.29 is 4.74 Å². The molecular weight excluding hydrogens is 238 g/mol. The van der Waals surface area contributed by atoms with Crippen LogP contribution in [0.25, 0.3) is 0 Å². The second kappa shape index (κ2) is 7.06. The van der Waals surface area contributed by atoms with E-state index in [1.807, 2.05) is 6.92 Å². The number of hydrogen-bond acceptors (Lipinski definition) is 3. The summed E-state index contributed by atoms with van der Waals surface area (Å²) in [6.45, 7) is 16.2. The van der Waals surface area contributed by atoms with Gasteiger partial charge in [-0.3, -0.25) is 4.68 Å². The Labute approximate surface area is 117 Å². The molecule has 4 heteroatoms. The van der Waals surface area contributed by atoms with Crippen LogP contribution < -0.4 is 5.32 Å². The summed E-state index contributed by atoms with van der Waals surface area (Å²) in [7, 11) is 0. The topological polar surface area (TPSA) is 39.1 Å². The third-order valence-electron chi connectivity index (χ3n) is 3.21. The number of nitrogens with one attached hydrogen (secondary N) is 1. The predicted molar refractivity (Wildman–Crippen MR) is 79.7 cm³/mol. The maximum absolute atomic E-state index is 5.39. The fourth-order valence-electron chi connectivity index (χ4n) is 2.17. The quantitative estimate of drug-likeness (QED) is 0.771. The van der Waals surface area contributed by atoms with Crippen LogP contribution in [0.5, 0.6) is 0 Å². The molecule has 0 aliphatic carbocycles. The molecule has 19 heavy (non-hydrogen) atoms. The smallest absolute Gasteiger partial charge is 0.0662 e. The van der Waals surface area contributed by atoms with Gasteiger partial charge < -0.3 is 10.1 Å². The molecule has 1 aromatic rings. The number of nitrogens with zero attached hydrogens (tertiary/aromatic N) is 2. The van der Waals surface area contributed by atoms with Gasteiger partial charge in [0.2, 0.25) is 0 Å². The molecule has 4 nitrogen and oxygen atoms in total. The van der Waals surface area contributed by atoms with Crippen molar-refractivity contribution in [1.82, 2.24) is 15.1 Å². The highest BCUT2D eigenvalue weighted by molar-refractivity contribution is 5.24. The van der Waals surface area contributed by atoms with Crippen molar-refractivity contribution in [3.05, 3.63) is 17.0 Å². The highest BCUT2D eigenvalue weighted by Gasteiger charge is 2.13. The van der Waals surface area contributed by atoms with Crippen molar-refractivity contribution in [2.75, 3.05) is 19.8 Å². The monoisotopic (exact) mass is 267 g/mol. The van der Waals surface area contributed by atoms with E-state index in [1.165, 1.54) is 11.3 Å². The molecule has 1 rings (SSSR count). The second-order valence-electron chi connectivity index (χ2n) is 6.00. The van der Waals surface area contributed by atoms with Crippen LogP contribution >= 0.6 is 0 Å². The van der Waals surface area contributed by atoms with Crippen LogP contribution in [-0.2, 0) is 17.7 Å². The summed E-state index contributed by atoms with van der Waals surface area (Å²) in [6, 6.07) is 0. The van der Waals surface area contributed by atoms with Crippen LogP contribution in [0.4, 0.5) is 0 Å². The first-order valence-electron chi connectivity index (χ1n) is 7.21. The number of hydrogen-bond donors (Lipinski definition) is 1. The van der Waals surface area contributed by atoms with E-state index in [1.54, 1.807) is 0 Å². The molecule has 110 valence electrons. The van der Waals surface area contributed by atoms with Gasteiger partial charge in [0.15, 0.2) is 0 Å². The van der Waals surface area contributed by atoms with Crippen molar-refractivity contribution in [3.8, 4) is 0 Å². The van der Waals surface area contributed by atoms with E-state index >= 15 is 0 Å². The van der Waals surface area contributed by atoms with E-state index in [0.717, 1.165) is 38.4 Å². The molecular formula is C15H29N3O. The number of ether oxygens (including phenoxy) is 1. The number of rotatable bonds is 7. The minimum Gasteiger partial charge on any atom is -0.380 e. The van der Waals surface area contributed by atoms with Gasteiger partial charge in [-0.1, -0.05) is 0 Å². The molecule has 0 aromatic carbocycles. The zero-order chi connectivity index (χ0) is 14.5. The summed E-state index contributed by atoms with van der Waals surface area (Å²) in [4.78, 5) is 0. The Morgan fingerprint density at radius 1 is 1.26 bits per heavy atom. The van der Waals surface area contributed by atoms with Crippen LogP contribution in [0.3, 0.4) is 0 Å². The Bertz CT molecular complexity index is 391. The molecule has 1 heterocycles. The van der Waals surface area contributed by atoms with E-state index < -0.39 is 0 Å². The Morgan fingerprint density at radius 3 is 2.53 bits per heavy atom. The lowest BCUT2D eigenvalue weighted by Gasteiger charge is -2.20. The van der Waals surface area contributed by atoms with Gasteiger partial charge in [-0.25, -0.2) is 0 Å². The average Bonchev–Trinajstić information content (AvgIpc) is 2.55. The molecule has 0 unspecified atom stereocenters. The van der Waals surface area contributed by atoms with Gasteiger partial charge in [-0.05, 0) is 60.1 Å². The summed E-state index contributed by atoms with van der Waals surface area (Å²) in [6.07, 6.45) is 1.03. The van der Waals surface area contributed by atoms with Crippen molar-refractivity contribution in [2.24, 2.45) is 0 Å². The molecule has 1 aromatic heterocycles. The van der Waals surface area contributed by atoms with E-state index in [4.69, 9.17) is 4.74 Å². The van der Waals surface area contributed by atoms with Crippen molar-refractivity contribution in [3.63, 3.8) is 0 Å². The molecule has 0 saturated carbocycles. The SMILES string of the molecule is CCOCCn1nc(C)c(CCNC(C)(C)C)c1C. The molecule has 1 N–H and O–H groups in total. The van der Waals surface area contributed by atoms with Gasteiger partial charge in [-0.15, -0.1) is 0 Å². The van der Waals surface area contributed by atoms with E-state index in [9.17, 15) is 0 Å². The zero-order valence-corrected chi connectivity index (χ0v) is 13.3. The number of aryl methyl sites for hydroxylation is 1. The van der Waals surface area contributed by atoms with E-state index in [2.05, 4.69) is 49.7 Å². The fourth-order valence-corrected chi connectivity index (χ4v) is 2.17. The summed E-state index contributed by atoms with van der Waals surface area (Å²) in [5, 5.41) is 8.13. The van der Waals surface area contributed by atoms with E-state index in [-0.39, 0.29) is 5.54 Å². The van der Waals surface area contributed by atoms with Gasteiger partial charge in [0.25, 0.3) is 0 Å². The molecule has 0 radical (unpaired) electrons. The van der Waals surface area contributed by atoms with Gasteiger partial charge >= 0.3 is 0 Å². The van der Waals surface area contributed by atoms with Gasteiger partial charge in [0, 0.05) is 17.8 Å². The first-order valence-corrected chi connectivity index (χ1v) is 7.21. The normalized spacial score (nSPS) is 12.1. The van der Waals surface area contributed by atoms with Gasteiger partial charge in [0.1, 0.15) is 0 Å². The molecule has 0 atom stereocenters. The molecule has 0 spiro atoms. The zero-order valence-electron chi connectivity index (χ0n) is 13.3. The first-order chi connectivity index (χ1) is 8.85. The van der Waals surface area contributed by atoms with Crippen molar-refractivity contribution in [2.45, 2.75) is 60.0 Å². The van der Waals surface area contributed by atoms with Crippen molar-refractivity contribution >= 4 is 0 Å². The molecule has 0 fully saturated rings. The minimum atomic E-state index is 0.173. The average molecular weight is 267 g/mol. The summed E-state index contributed by atoms with van der Waals surface area (Å²) >= 11 is 0. The van der Waals surface area contributed by atoms with Crippen LogP contribution in [0.1, 0.15) is 44.6 Å². The second-order valence-corrected chi connectivity index (χ2v) is 6.00. The summed E-state index contributed by atoms with van der Waals surface area (Å²) < 4.78 is 7.46. The lowest BCUT2D eigenvalue weighted by atomic mass is 10.1. The maximum Gasteiger partial charge on any atom is 0.0662 e. The largest absolute Gasteiger partial charge is 0.380 e. The first kappa shape index (κ1) is 16.2. The van der Waals surface area contributed by atoms with E-state index in [0.29, 0.717) is 0 Å². The van der Waals surface area contributed by atoms with Crippen molar-refractivity contribution in [1.29, 1.82) is 0 Å². The Kier molecular flexibility index (Phi) is 6.01. The highest BCUT2D eigenvalue weighted by Crippen LogP contribution is 2.14. The Balaban J connectivity index is 2.58. The van der Waals surface area contributed by atoms with Crippen LogP contribution in [0, 0.1) is 13.8 Å². The summed E-state index contributed by atoms with van der Waals surface area (Å²) in [5.41, 5.74) is 3.96. The third kappa shape index (κ3) is 5.33. The molecule has 0 aliphatic rings. The third-order valence-corrected chi connectivity index (χ3v) is 3.21. The van der Waals surface area contributed by atoms with Crippen LogP contribution in [0.15, 0.2) is 0 Å². The van der Waals surface area contributed by atoms with Gasteiger partial charge in [0.05, 0.1) is 18.8 Å². The van der Waals surface area contributed by atoms with Gasteiger partial charge in [-0.2, -0.15) is 5.10 Å². The lowest BCUT2D eigenvalue weighted by Crippen LogP contribution is -2.37. The molecule has 0 bridgehead atoms. The van der Waals surface area contributed by atoms with Crippen LogP contribution in [-0.4, -0.2) is 35.1 Å². The molecule has 0 saturated heterocycles. The summed E-state index contributed by atoms with van der Waals surface area (Å²) in [5.74, 6) is 0. The number of aromatic nitrogens is 2. The van der Waals surface area contributed by atoms with Crippen LogP contribution in [0.2, 0.25) is 0 Å². The highest BCUT2D eigenvalue weighted by atomic mass is 16.5. The standard InChI is InChI=1S/C15H29N3O/c1-7-19-11-10-18-13(3)14(12(2)17-18)8-9-16-15(4,5)6/h16H,7-11H2,1-6H3. The maximum atomic E-state index is 5.39. The lowest BCUT2D eigenvalue weighted by molar-refractivity contribution is 0.135. The Morgan fingerprint density at radius 2 is 1.95 bits per heavy atom. The predicted octanol–water partition coefficient (Wildman–Crippen LogP) is 2.47.